The van der Waals surface area contributed by atoms with Gasteiger partial charge in [-0.1, -0.05) is 30.0 Å². The van der Waals surface area contributed by atoms with Crippen molar-refractivity contribution in [2.45, 2.75) is 22.4 Å². The van der Waals surface area contributed by atoms with Crippen LogP contribution >= 0.6 is 23.1 Å². The third-order valence-electron chi connectivity index (χ3n) is 4.29. The summed E-state index contributed by atoms with van der Waals surface area (Å²) in [6, 6.07) is 12.9. The number of hydrogen-bond acceptors (Lipinski definition) is 7. The summed E-state index contributed by atoms with van der Waals surface area (Å²) < 4.78 is 36.8. The molecule has 1 heterocycles. The molecule has 6 nitrogen and oxygen atoms in total. The van der Waals surface area contributed by atoms with E-state index in [0.29, 0.717) is 24.2 Å². The highest BCUT2D eigenvalue weighted by molar-refractivity contribution is 8.01. The molecule has 9 heteroatoms. The number of fused-ring (bicyclic) bond motifs is 1. The molecule has 0 amide bonds. The van der Waals surface area contributed by atoms with Gasteiger partial charge < -0.3 is 9.47 Å². The second-order valence-electron chi connectivity index (χ2n) is 6.12. The van der Waals surface area contributed by atoms with Crippen molar-refractivity contribution in [3.05, 3.63) is 48.0 Å². The summed E-state index contributed by atoms with van der Waals surface area (Å²) in [7, 11) is -0.575. The van der Waals surface area contributed by atoms with Crippen molar-refractivity contribution in [2.24, 2.45) is 5.14 Å². The van der Waals surface area contributed by atoms with E-state index < -0.39 is 15.3 Å². The molecule has 1 atom stereocenters. The first-order chi connectivity index (χ1) is 13.4. The van der Waals surface area contributed by atoms with Crippen LogP contribution in [0.5, 0.6) is 11.5 Å². The lowest BCUT2D eigenvalue weighted by atomic mass is 10.1. The number of methoxy groups -OCH3 is 2. The van der Waals surface area contributed by atoms with Crippen LogP contribution in [0.2, 0.25) is 0 Å². The van der Waals surface area contributed by atoms with Crippen LogP contribution in [0.25, 0.3) is 10.2 Å². The number of aromatic nitrogens is 1. The number of thioether (sulfide) groups is 1. The van der Waals surface area contributed by atoms with Gasteiger partial charge >= 0.3 is 0 Å². The van der Waals surface area contributed by atoms with Gasteiger partial charge in [0.15, 0.2) is 4.34 Å². The van der Waals surface area contributed by atoms with E-state index in [9.17, 15) is 8.42 Å². The van der Waals surface area contributed by atoms with Crippen LogP contribution in [-0.2, 0) is 10.0 Å². The molecule has 3 aromatic rings. The van der Waals surface area contributed by atoms with Crippen LogP contribution in [0.3, 0.4) is 0 Å². The fourth-order valence-corrected chi connectivity index (χ4v) is 6.10. The van der Waals surface area contributed by atoms with Crippen LogP contribution < -0.4 is 14.6 Å². The second kappa shape index (κ2) is 9.13. The molecule has 0 spiro atoms. The topological polar surface area (TPSA) is 91.5 Å². The van der Waals surface area contributed by atoms with Gasteiger partial charge in [0.2, 0.25) is 10.0 Å². The number of para-hydroxylation sites is 1. The van der Waals surface area contributed by atoms with E-state index in [1.54, 1.807) is 54.5 Å². The molecule has 2 N–H and O–H groups in total. The molecule has 2 aromatic carbocycles. The molecule has 0 saturated heterocycles. The average Bonchev–Trinajstić information content (AvgIpc) is 3.08. The Kier molecular flexibility index (Phi) is 6.82. The predicted molar refractivity (Wildman–Crippen MR) is 115 cm³/mol. The first-order valence-corrected chi connectivity index (χ1v) is 12.1. The first-order valence-electron chi connectivity index (χ1n) is 8.64. The molecule has 150 valence electrons. The Hall–Kier alpha value is -1.81. The molecule has 0 fully saturated rings. The normalized spacial score (nSPS) is 12.8. The molecular formula is C19H22N2O4S3. The third kappa shape index (κ3) is 4.96. The van der Waals surface area contributed by atoms with Gasteiger partial charge in [-0.3, -0.25) is 0 Å². The summed E-state index contributed by atoms with van der Waals surface area (Å²) in [5, 5.41) is 4.71. The lowest BCUT2D eigenvalue weighted by Gasteiger charge is -2.17. The van der Waals surface area contributed by atoms with Gasteiger partial charge in [0, 0.05) is 11.3 Å². The molecule has 1 aromatic heterocycles. The van der Waals surface area contributed by atoms with Gasteiger partial charge in [-0.25, -0.2) is 18.5 Å². The highest BCUT2D eigenvalue weighted by Gasteiger charge is 2.26. The zero-order valence-electron chi connectivity index (χ0n) is 15.6. The molecule has 0 saturated carbocycles. The standard InChI is InChI=1S/C19H22N2O4S3/c1-24-13-9-10-15-17(12-13)27-19(21-15)26-11-5-8-18(28(20,22)23)14-6-3-4-7-16(14)25-2/h3-4,6-7,9-10,12,18H,5,8,11H2,1-2H3,(H2,20,22,23). The number of rotatable bonds is 9. The molecular weight excluding hydrogens is 416 g/mol. The maximum atomic E-state index is 12.1. The minimum absolute atomic E-state index is 0.422. The maximum absolute atomic E-state index is 12.1. The SMILES string of the molecule is COc1ccc2nc(SCCCC(c3ccccc3OC)S(N)(=O)=O)sc2c1. The predicted octanol–water partition coefficient (Wildman–Crippen LogP) is 4.22. The summed E-state index contributed by atoms with van der Waals surface area (Å²) in [6.07, 6.45) is 1.11. The minimum atomic E-state index is -3.74. The van der Waals surface area contributed by atoms with E-state index in [-0.39, 0.29) is 0 Å². The number of benzene rings is 2. The van der Waals surface area contributed by atoms with E-state index in [1.807, 2.05) is 18.2 Å². The Morgan fingerprint density at radius 3 is 2.68 bits per heavy atom. The number of primary sulfonamides is 1. The average molecular weight is 439 g/mol. The van der Waals surface area contributed by atoms with Crippen LogP contribution in [-0.4, -0.2) is 33.4 Å². The van der Waals surface area contributed by atoms with Gasteiger partial charge in [0.05, 0.1) is 24.4 Å². The summed E-state index contributed by atoms with van der Waals surface area (Å²) >= 11 is 3.22. The van der Waals surface area contributed by atoms with Crippen molar-refractivity contribution in [3.63, 3.8) is 0 Å². The van der Waals surface area contributed by atoms with Gasteiger partial charge in [-0.15, -0.1) is 11.3 Å². The molecule has 0 aliphatic rings. The van der Waals surface area contributed by atoms with Crippen molar-refractivity contribution < 1.29 is 17.9 Å². The fraction of sp³-hybridized carbons (Fsp3) is 0.316. The Morgan fingerprint density at radius 1 is 1.18 bits per heavy atom. The second-order valence-corrected chi connectivity index (χ2v) is 10.2. The summed E-state index contributed by atoms with van der Waals surface area (Å²) in [5.41, 5.74) is 1.54. The minimum Gasteiger partial charge on any atom is -0.497 e. The van der Waals surface area contributed by atoms with Crippen molar-refractivity contribution in [1.82, 2.24) is 4.98 Å². The molecule has 0 radical (unpaired) electrons. The summed E-state index contributed by atoms with van der Waals surface area (Å²) in [5.74, 6) is 2.09. The largest absolute Gasteiger partial charge is 0.497 e. The smallest absolute Gasteiger partial charge is 0.216 e. The number of thiazole rings is 1. The van der Waals surface area contributed by atoms with Gasteiger partial charge in [0.25, 0.3) is 0 Å². The Labute approximate surface area is 173 Å². The Bertz CT molecular complexity index is 1050. The zero-order chi connectivity index (χ0) is 20.1. The van der Waals surface area contributed by atoms with E-state index >= 15 is 0 Å². The number of nitrogens with zero attached hydrogens (tertiary/aromatic N) is 1. The number of hydrogen-bond donors (Lipinski definition) is 1. The maximum Gasteiger partial charge on any atom is 0.216 e. The number of nitrogens with two attached hydrogens (primary N) is 1. The van der Waals surface area contributed by atoms with Gasteiger partial charge in [0.1, 0.15) is 16.7 Å². The van der Waals surface area contributed by atoms with Gasteiger partial charge in [-0.05, 0) is 37.1 Å². The van der Waals surface area contributed by atoms with Crippen molar-refractivity contribution >= 4 is 43.3 Å². The summed E-state index contributed by atoms with van der Waals surface area (Å²) in [6.45, 7) is 0. The molecule has 0 aliphatic heterocycles. The van der Waals surface area contributed by atoms with Gasteiger partial charge in [-0.2, -0.15) is 0 Å². The lowest BCUT2D eigenvalue weighted by molar-refractivity contribution is 0.407. The molecule has 3 rings (SSSR count). The zero-order valence-corrected chi connectivity index (χ0v) is 18.1. The highest BCUT2D eigenvalue weighted by atomic mass is 32.2. The van der Waals surface area contributed by atoms with Crippen molar-refractivity contribution in [1.29, 1.82) is 0 Å². The van der Waals surface area contributed by atoms with Crippen molar-refractivity contribution in [3.8, 4) is 11.5 Å². The Morgan fingerprint density at radius 2 is 1.96 bits per heavy atom. The first kappa shape index (κ1) is 20.9. The van der Waals surface area contributed by atoms with Crippen LogP contribution in [0.1, 0.15) is 23.7 Å². The lowest BCUT2D eigenvalue weighted by Crippen LogP contribution is -2.22. The van der Waals surface area contributed by atoms with E-state index in [4.69, 9.17) is 14.6 Å². The van der Waals surface area contributed by atoms with E-state index in [2.05, 4.69) is 4.98 Å². The fourth-order valence-electron chi connectivity index (χ4n) is 2.93. The molecule has 1 unspecified atom stereocenters. The monoisotopic (exact) mass is 438 g/mol. The quantitative estimate of drug-likeness (QED) is 0.397. The van der Waals surface area contributed by atoms with E-state index in [1.165, 1.54) is 7.11 Å². The molecule has 0 aliphatic carbocycles. The number of sulfonamides is 1. The van der Waals surface area contributed by atoms with Crippen LogP contribution in [0.15, 0.2) is 46.8 Å². The van der Waals surface area contributed by atoms with Crippen LogP contribution in [0, 0.1) is 0 Å². The van der Waals surface area contributed by atoms with E-state index in [0.717, 1.165) is 26.1 Å². The Balaban J connectivity index is 1.65. The number of ether oxygens (including phenoxy) is 2. The van der Waals surface area contributed by atoms with Crippen molar-refractivity contribution in [2.75, 3.05) is 20.0 Å². The van der Waals surface area contributed by atoms with Crippen LogP contribution in [0.4, 0.5) is 0 Å². The highest BCUT2D eigenvalue weighted by Crippen LogP contribution is 2.35. The molecule has 28 heavy (non-hydrogen) atoms. The summed E-state index contributed by atoms with van der Waals surface area (Å²) in [4.78, 5) is 4.60. The third-order valence-corrected chi connectivity index (χ3v) is 7.82. The molecule has 0 bridgehead atoms.